The molecule has 0 spiro atoms. The molecule has 0 radical (unpaired) electrons. The molecule has 1 amide bonds. The summed E-state index contributed by atoms with van der Waals surface area (Å²) in [6.07, 6.45) is 1.03. The number of carbonyl (C=O) groups is 1. The molecule has 0 aliphatic rings. The van der Waals surface area contributed by atoms with E-state index in [1.165, 1.54) is 5.56 Å². The van der Waals surface area contributed by atoms with Crippen molar-refractivity contribution in [2.24, 2.45) is 0 Å². The highest BCUT2D eigenvalue weighted by atomic mass is 35.5. The predicted octanol–water partition coefficient (Wildman–Crippen LogP) is 6.39. The van der Waals surface area contributed by atoms with Gasteiger partial charge in [-0.2, -0.15) is 0 Å². The van der Waals surface area contributed by atoms with Crippen molar-refractivity contribution in [1.29, 1.82) is 0 Å². The van der Waals surface area contributed by atoms with Gasteiger partial charge in [-0.25, -0.2) is 0 Å². The van der Waals surface area contributed by atoms with Crippen LogP contribution >= 0.6 is 11.6 Å². The van der Waals surface area contributed by atoms with Crippen LogP contribution in [-0.4, -0.2) is 10.5 Å². The Bertz CT molecular complexity index is 958. The zero-order chi connectivity index (χ0) is 18.8. The van der Waals surface area contributed by atoms with Crippen molar-refractivity contribution >= 4 is 34.1 Å². The molecule has 0 fully saturated rings. The normalized spacial score (nSPS) is 12.3. The van der Waals surface area contributed by atoms with Gasteiger partial charge in [0, 0.05) is 28.2 Å². The molecular formula is C22H25ClN2O. The van der Waals surface area contributed by atoms with E-state index in [0.29, 0.717) is 16.6 Å². The maximum atomic E-state index is 13.2. The lowest BCUT2D eigenvalue weighted by molar-refractivity contribution is 0.101. The van der Waals surface area contributed by atoms with E-state index in [4.69, 9.17) is 11.6 Å². The van der Waals surface area contributed by atoms with Crippen LogP contribution in [0.25, 0.3) is 10.9 Å². The third-order valence-corrected chi connectivity index (χ3v) is 5.40. The number of aryl methyl sites for hydroxylation is 2. The van der Waals surface area contributed by atoms with Crippen molar-refractivity contribution in [2.45, 2.75) is 46.6 Å². The Morgan fingerprint density at radius 3 is 2.62 bits per heavy atom. The van der Waals surface area contributed by atoms with E-state index in [9.17, 15) is 4.79 Å². The summed E-state index contributed by atoms with van der Waals surface area (Å²) in [6, 6.07) is 13.8. The van der Waals surface area contributed by atoms with Gasteiger partial charge in [0.15, 0.2) is 0 Å². The zero-order valence-electron chi connectivity index (χ0n) is 15.8. The van der Waals surface area contributed by atoms with Crippen LogP contribution in [0.5, 0.6) is 0 Å². The summed E-state index contributed by atoms with van der Waals surface area (Å²) < 4.78 is 2.06. The fraction of sp³-hybridized carbons (Fsp3) is 0.318. The molecule has 4 heteroatoms. The molecular weight excluding hydrogens is 344 g/mol. The maximum Gasteiger partial charge on any atom is 0.272 e. The quantitative estimate of drug-likeness (QED) is 0.556. The second-order valence-electron chi connectivity index (χ2n) is 6.73. The van der Waals surface area contributed by atoms with Crippen molar-refractivity contribution in [3.05, 3.63) is 64.3 Å². The molecule has 1 unspecified atom stereocenters. The fourth-order valence-corrected chi connectivity index (χ4v) is 3.73. The number of nitrogens with zero attached hydrogens (tertiary/aromatic N) is 1. The van der Waals surface area contributed by atoms with Gasteiger partial charge in [0.05, 0.1) is 0 Å². The summed E-state index contributed by atoms with van der Waals surface area (Å²) in [5.41, 5.74) is 4.75. The van der Waals surface area contributed by atoms with Gasteiger partial charge >= 0.3 is 0 Å². The average Bonchev–Trinajstić information content (AvgIpc) is 2.93. The van der Waals surface area contributed by atoms with Crippen molar-refractivity contribution in [1.82, 2.24) is 4.57 Å². The minimum absolute atomic E-state index is 0.0765. The zero-order valence-corrected chi connectivity index (χ0v) is 16.5. The lowest BCUT2D eigenvalue weighted by Crippen LogP contribution is -2.19. The third kappa shape index (κ3) is 3.24. The van der Waals surface area contributed by atoms with Gasteiger partial charge in [-0.1, -0.05) is 43.6 Å². The van der Waals surface area contributed by atoms with Crippen LogP contribution in [-0.2, 0) is 6.54 Å². The molecule has 3 nitrogen and oxygen atoms in total. The Hall–Kier alpha value is -2.26. The first-order valence-corrected chi connectivity index (χ1v) is 9.54. The van der Waals surface area contributed by atoms with E-state index < -0.39 is 0 Å². The largest absolute Gasteiger partial charge is 0.337 e. The monoisotopic (exact) mass is 368 g/mol. The number of halogens is 1. The molecule has 0 aliphatic carbocycles. The van der Waals surface area contributed by atoms with Gasteiger partial charge in [0.1, 0.15) is 5.69 Å². The lowest BCUT2D eigenvalue weighted by atomic mass is 9.97. The van der Waals surface area contributed by atoms with Crippen molar-refractivity contribution in [3.8, 4) is 0 Å². The molecule has 1 heterocycles. The Morgan fingerprint density at radius 1 is 1.19 bits per heavy atom. The number of rotatable bonds is 5. The first kappa shape index (κ1) is 18.5. The molecule has 1 aromatic heterocycles. The first-order chi connectivity index (χ1) is 12.5. The number of hydrogen-bond donors (Lipinski definition) is 1. The number of anilines is 1. The Morgan fingerprint density at radius 2 is 1.92 bits per heavy atom. The predicted molar refractivity (Wildman–Crippen MR) is 110 cm³/mol. The van der Waals surface area contributed by atoms with Crippen LogP contribution in [0.1, 0.15) is 54.7 Å². The van der Waals surface area contributed by atoms with Gasteiger partial charge in [-0.3, -0.25) is 4.79 Å². The minimum Gasteiger partial charge on any atom is -0.337 e. The summed E-state index contributed by atoms with van der Waals surface area (Å²) in [4.78, 5) is 13.2. The molecule has 3 aromatic rings. The van der Waals surface area contributed by atoms with Crippen LogP contribution in [0.3, 0.4) is 0 Å². The van der Waals surface area contributed by atoms with Crippen molar-refractivity contribution in [2.75, 3.05) is 5.32 Å². The molecule has 0 bridgehead atoms. The topological polar surface area (TPSA) is 34.0 Å². The number of amides is 1. The van der Waals surface area contributed by atoms with E-state index in [-0.39, 0.29) is 5.91 Å². The number of carbonyl (C=O) groups excluding carboxylic acids is 1. The molecule has 0 saturated carbocycles. The standard InChI is InChI=1S/C22H25ClN2O/c1-5-14(3)17-9-7-8-10-19(17)24-22(26)21-15(4)18-13-16(23)11-12-20(18)25(21)6-2/h7-14H,5-6H2,1-4H3,(H,24,26). The summed E-state index contributed by atoms with van der Waals surface area (Å²) in [6.45, 7) is 9.10. The van der Waals surface area contributed by atoms with Crippen LogP contribution in [0, 0.1) is 6.92 Å². The van der Waals surface area contributed by atoms with Crippen molar-refractivity contribution < 1.29 is 4.79 Å². The Kier molecular flexibility index (Phi) is 5.38. The minimum atomic E-state index is -0.0765. The van der Waals surface area contributed by atoms with Crippen LogP contribution in [0.4, 0.5) is 5.69 Å². The first-order valence-electron chi connectivity index (χ1n) is 9.16. The highest BCUT2D eigenvalue weighted by Gasteiger charge is 2.21. The number of nitrogens with one attached hydrogen (secondary N) is 1. The molecule has 1 atom stereocenters. The van der Waals surface area contributed by atoms with Gasteiger partial charge in [0.2, 0.25) is 0 Å². The van der Waals surface area contributed by atoms with E-state index in [1.54, 1.807) is 0 Å². The number of para-hydroxylation sites is 1. The van der Waals surface area contributed by atoms with E-state index in [0.717, 1.165) is 35.1 Å². The molecule has 0 saturated heterocycles. The lowest BCUT2D eigenvalue weighted by Gasteiger charge is -2.16. The van der Waals surface area contributed by atoms with Gasteiger partial charge in [-0.05, 0) is 61.6 Å². The van der Waals surface area contributed by atoms with E-state index in [1.807, 2.05) is 43.3 Å². The summed E-state index contributed by atoms with van der Waals surface area (Å²) >= 11 is 6.17. The number of hydrogen-bond acceptors (Lipinski definition) is 1. The van der Waals surface area contributed by atoms with Crippen LogP contribution in [0.15, 0.2) is 42.5 Å². The van der Waals surface area contributed by atoms with Crippen LogP contribution in [0.2, 0.25) is 5.02 Å². The summed E-state index contributed by atoms with van der Waals surface area (Å²) in [7, 11) is 0. The fourth-order valence-electron chi connectivity index (χ4n) is 3.56. The second kappa shape index (κ2) is 7.55. The third-order valence-electron chi connectivity index (χ3n) is 5.16. The van der Waals surface area contributed by atoms with Crippen molar-refractivity contribution in [3.63, 3.8) is 0 Å². The smallest absolute Gasteiger partial charge is 0.272 e. The highest BCUT2D eigenvalue weighted by Crippen LogP contribution is 2.31. The Balaban J connectivity index is 2.06. The number of fused-ring (bicyclic) bond motifs is 1. The van der Waals surface area contributed by atoms with Gasteiger partial charge in [0.25, 0.3) is 5.91 Å². The molecule has 1 N–H and O–H groups in total. The van der Waals surface area contributed by atoms with Gasteiger partial charge in [-0.15, -0.1) is 0 Å². The maximum absolute atomic E-state index is 13.2. The van der Waals surface area contributed by atoms with Crippen LogP contribution < -0.4 is 5.32 Å². The molecule has 26 heavy (non-hydrogen) atoms. The average molecular weight is 369 g/mol. The second-order valence-corrected chi connectivity index (χ2v) is 7.17. The molecule has 3 rings (SSSR count). The number of benzene rings is 2. The van der Waals surface area contributed by atoms with E-state index in [2.05, 4.69) is 36.7 Å². The molecule has 2 aromatic carbocycles. The number of aromatic nitrogens is 1. The Labute approximate surface area is 160 Å². The SMILES string of the molecule is CCC(C)c1ccccc1NC(=O)c1c(C)c2cc(Cl)ccc2n1CC. The van der Waals surface area contributed by atoms with Gasteiger partial charge < -0.3 is 9.88 Å². The highest BCUT2D eigenvalue weighted by molar-refractivity contribution is 6.31. The van der Waals surface area contributed by atoms with E-state index >= 15 is 0 Å². The molecule has 136 valence electrons. The summed E-state index contributed by atoms with van der Waals surface area (Å²) in [5, 5.41) is 4.85. The molecule has 0 aliphatic heterocycles. The summed E-state index contributed by atoms with van der Waals surface area (Å²) in [5.74, 6) is 0.316.